The molecule has 1 aromatic heterocycles. The number of fused-ring (bicyclic) bond motifs is 1. The summed E-state index contributed by atoms with van der Waals surface area (Å²) in [7, 11) is 4.77. The number of nitrogens with one attached hydrogen (secondary N) is 1. The predicted molar refractivity (Wildman–Crippen MR) is 123 cm³/mol. The SMILES string of the molecule is COc1cc(-n2cnc3cc(C4=CCN(C)CC4)ccc32)cc(OC)c1C(=O)NCC(F)(F)F. The molecule has 1 N–H and O–H groups in total. The van der Waals surface area contributed by atoms with Crippen LogP contribution in [0.2, 0.25) is 0 Å². The Bertz CT molecular complexity index is 1220. The average Bonchev–Trinajstić information content (AvgIpc) is 3.25. The van der Waals surface area contributed by atoms with E-state index >= 15 is 0 Å². The fourth-order valence-electron chi connectivity index (χ4n) is 3.98. The Morgan fingerprint density at radius 3 is 2.44 bits per heavy atom. The number of rotatable bonds is 6. The van der Waals surface area contributed by atoms with E-state index in [0.29, 0.717) is 5.69 Å². The minimum atomic E-state index is -4.53. The van der Waals surface area contributed by atoms with E-state index in [9.17, 15) is 18.0 Å². The molecule has 3 aromatic rings. The van der Waals surface area contributed by atoms with Crippen molar-refractivity contribution in [2.45, 2.75) is 12.6 Å². The van der Waals surface area contributed by atoms with Crippen LogP contribution in [0.3, 0.4) is 0 Å². The molecule has 10 heteroatoms. The Morgan fingerprint density at radius 2 is 1.85 bits per heavy atom. The normalized spacial score (nSPS) is 14.7. The van der Waals surface area contributed by atoms with Crippen LogP contribution in [0.5, 0.6) is 11.5 Å². The second kappa shape index (κ2) is 9.38. The average molecular weight is 474 g/mol. The van der Waals surface area contributed by atoms with Gasteiger partial charge in [0.15, 0.2) is 0 Å². The molecule has 0 radical (unpaired) electrons. The van der Waals surface area contributed by atoms with Gasteiger partial charge in [-0.05, 0) is 36.7 Å². The number of alkyl halides is 3. The van der Waals surface area contributed by atoms with Crippen LogP contribution in [0.4, 0.5) is 13.2 Å². The van der Waals surface area contributed by atoms with Crippen LogP contribution in [-0.2, 0) is 0 Å². The molecular weight excluding hydrogens is 449 g/mol. The van der Waals surface area contributed by atoms with Gasteiger partial charge in [0.25, 0.3) is 5.91 Å². The van der Waals surface area contributed by atoms with E-state index in [1.807, 2.05) is 28.1 Å². The van der Waals surface area contributed by atoms with Crippen LogP contribution < -0.4 is 14.8 Å². The highest BCUT2D eigenvalue weighted by Gasteiger charge is 2.30. The Balaban J connectivity index is 1.70. The molecule has 0 atom stereocenters. The van der Waals surface area contributed by atoms with Gasteiger partial charge >= 0.3 is 6.18 Å². The third kappa shape index (κ3) is 4.86. The number of likely N-dealkylation sites (N-methyl/N-ethyl adjacent to an activating group) is 1. The summed E-state index contributed by atoms with van der Waals surface area (Å²) >= 11 is 0. The molecule has 0 fully saturated rings. The Kier molecular flexibility index (Phi) is 6.52. The molecule has 1 amide bonds. The standard InChI is InChI=1S/C24H25F3N4O3/c1-30-8-6-15(7-9-30)16-4-5-19-18(10-16)29-14-31(19)17-11-20(33-2)22(21(12-17)34-3)23(32)28-13-24(25,26)27/h4-6,10-12,14H,7-9,13H2,1-3H3,(H,28,32). The molecule has 7 nitrogen and oxygen atoms in total. The minimum Gasteiger partial charge on any atom is -0.496 e. The molecule has 2 aromatic carbocycles. The summed E-state index contributed by atoms with van der Waals surface area (Å²) in [6.45, 7) is 0.451. The molecule has 4 rings (SSSR count). The second-order valence-electron chi connectivity index (χ2n) is 8.08. The van der Waals surface area contributed by atoms with E-state index in [1.54, 1.807) is 18.5 Å². The third-order valence-corrected chi connectivity index (χ3v) is 5.78. The first-order chi connectivity index (χ1) is 16.2. The Labute approximate surface area is 194 Å². The summed E-state index contributed by atoms with van der Waals surface area (Å²) < 4.78 is 50.2. The summed E-state index contributed by atoms with van der Waals surface area (Å²) in [5, 5.41) is 1.86. The van der Waals surface area contributed by atoms with Crippen molar-refractivity contribution < 1.29 is 27.4 Å². The Morgan fingerprint density at radius 1 is 1.15 bits per heavy atom. The van der Waals surface area contributed by atoms with Crippen molar-refractivity contribution in [2.75, 3.05) is 40.9 Å². The van der Waals surface area contributed by atoms with Gasteiger partial charge in [0.2, 0.25) is 0 Å². The van der Waals surface area contributed by atoms with Gasteiger partial charge in [-0.3, -0.25) is 9.36 Å². The van der Waals surface area contributed by atoms with Crippen LogP contribution in [0, 0.1) is 0 Å². The molecule has 0 bridgehead atoms. The van der Waals surface area contributed by atoms with Gasteiger partial charge in [0.1, 0.15) is 29.9 Å². The minimum absolute atomic E-state index is 0.0870. The highest BCUT2D eigenvalue weighted by Crippen LogP contribution is 2.34. The van der Waals surface area contributed by atoms with E-state index in [-0.39, 0.29) is 17.1 Å². The predicted octanol–water partition coefficient (Wildman–Crippen LogP) is 4.05. The first kappa shape index (κ1) is 23.6. The lowest BCUT2D eigenvalue weighted by Crippen LogP contribution is -2.34. The fraction of sp³-hybridized carbons (Fsp3) is 0.333. The van der Waals surface area contributed by atoms with Crippen molar-refractivity contribution in [1.82, 2.24) is 19.8 Å². The monoisotopic (exact) mass is 474 g/mol. The lowest BCUT2D eigenvalue weighted by Gasteiger charge is -2.22. The molecule has 180 valence electrons. The first-order valence-electron chi connectivity index (χ1n) is 10.7. The van der Waals surface area contributed by atoms with E-state index in [2.05, 4.69) is 23.0 Å². The van der Waals surface area contributed by atoms with Crippen molar-refractivity contribution in [2.24, 2.45) is 0 Å². The maximum Gasteiger partial charge on any atom is 0.405 e. The van der Waals surface area contributed by atoms with Crippen LogP contribution in [-0.4, -0.2) is 67.4 Å². The molecule has 1 aliphatic heterocycles. The maximum absolute atomic E-state index is 12.6. The smallest absolute Gasteiger partial charge is 0.405 e. The van der Waals surface area contributed by atoms with Crippen molar-refractivity contribution in [3.8, 4) is 17.2 Å². The molecule has 1 aliphatic rings. The van der Waals surface area contributed by atoms with Gasteiger partial charge in [0, 0.05) is 25.2 Å². The number of benzene rings is 2. The molecule has 0 saturated carbocycles. The second-order valence-corrected chi connectivity index (χ2v) is 8.08. The van der Waals surface area contributed by atoms with Gasteiger partial charge in [-0.15, -0.1) is 0 Å². The molecule has 0 saturated heterocycles. The van der Waals surface area contributed by atoms with Crippen molar-refractivity contribution in [3.63, 3.8) is 0 Å². The summed E-state index contributed by atoms with van der Waals surface area (Å²) in [4.78, 5) is 19.3. The summed E-state index contributed by atoms with van der Waals surface area (Å²) in [6.07, 6.45) is 0.304. The van der Waals surface area contributed by atoms with Gasteiger partial charge in [-0.2, -0.15) is 13.2 Å². The number of methoxy groups -OCH3 is 2. The molecule has 0 spiro atoms. The number of imidazole rings is 1. The molecule has 34 heavy (non-hydrogen) atoms. The summed E-state index contributed by atoms with van der Waals surface area (Å²) in [5.74, 6) is -0.767. The van der Waals surface area contributed by atoms with E-state index < -0.39 is 18.6 Å². The molecular formula is C24H25F3N4O3. The van der Waals surface area contributed by atoms with E-state index in [0.717, 1.165) is 36.1 Å². The van der Waals surface area contributed by atoms with E-state index in [1.165, 1.54) is 19.8 Å². The summed E-state index contributed by atoms with van der Waals surface area (Å²) in [5.41, 5.74) is 4.51. The molecule has 2 heterocycles. The lowest BCUT2D eigenvalue weighted by atomic mass is 9.99. The third-order valence-electron chi connectivity index (χ3n) is 5.78. The largest absolute Gasteiger partial charge is 0.496 e. The van der Waals surface area contributed by atoms with Crippen LogP contribution in [0.25, 0.3) is 22.3 Å². The summed E-state index contributed by atoms with van der Waals surface area (Å²) in [6, 6.07) is 9.19. The number of carbonyl (C=O) groups excluding carboxylic acids is 1. The Hall–Kier alpha value is -3.53. The van der Waals surface area contributed by atoms with Crippen LogP contribution in [0.15, 0.2) is 42.7 Å². The van der Waals surface area contributed by atoms with Gasteiger partial charge in [-0.25, -0.2) is 4.98 Å². The van der Waals surface area contributed by atoms with Crippen molar-refractivity contribution in [3.05, 3.63) is 53.9 Å². The zero-order valence-electron chi connectivity index (χ0n) is 19.1. The fourth-order valence-corrected chi connectivity index (χ4v) is 3.98. The number of nitrogens with zero attached hydrogens (tertiary/aromatic N) is 3. The van der Waals surface area contributed by atoms with Gasteiger partial charge in [-0.1, -0.05) is 12.1 Å². The zero-order valence-corrected chi connectivity index (χ0v) is 19.1. The lowest BCUT2D eigenvalue weighted by molar-refractivity contribution is -0.123. The van der Waals surface area contributed by atoms with E-state index in [4.69, 9.17) is 9.47 Å². The quantitative estimate of drug-likeness (QED) is 0.584. The van der Waals surface area contributed by atoms with Crippen LogP contribution in [0.1, 0.15) is 22.3 Å². The van der Waals surface area contributed by atoms with Crippen molar-refractivity contribution >= 4 is 22.5 Å². The number of carbonyl (C=O) groups is 1. The van der Waals surface area contributed by atoms with Crippen molar-refractivity contribution in [1.29, 1.82) is 0 Å². The zero-order chi connectivity index (χ0) is 24.5. The molecule has 0 aliphatic carbocycles. The number of hydrogen-bond acceptors (Lipinski definition) is 5. The first-order valence-corrected chi connectivity index (χ1v) is 10.7. The number of ether oxygens (including phenoxy) is 2. The number of halogens is 3. The van der Waals surface area contributed by atoms with Gasteiger partial charge < -0.3 is 19.7 Å². The molecule has 0 unspecified atom stereocenters. The van der Waals surface area contributed by atoms with Crippen LogP contribution >= 0.6 is 0 Å². The number of amides is 1. The maximum atomic E-state index is 12.6. The van der Waals surface area contributed by atoms with Gasteiger partial charge in [0.05, 0.1) is 30.9 Å². The highest BCUT2D eigenvalue weighted by molar-refractivity contribution is 6.00. The number of aromatic nitrogens is 2. The topological polar surface area (TPSA) is 68.6 Å². The highest BCUT2D eigenvalue weighted by atomic mass is 19.4. The number of hydrogen-bond donors (Lipinski definition) is 1.